The number of benzene rings is 1. The van der Waals surface area contributed by atoms with Crippen molar-refractivity contribution >= 4 is 10.0 Å². The van der Waals surface area contributed by atoms with E-state index in [1.807, 2.05) is 0 Å². The molecule has 1 atom stereocenters. The molecule has 1 saturated heterocycles. The van der Waals surface area contributed by atoms with Gasteiger partial charge in [0.25, 0.3) is 0 Å². The van der Waals surface area contributed by atoms with Crippen molar-refractivity contribution in [1.29, 1.82) is 0 Å². The van der Waals surface area contributed by atoms with Crippen LogP contribution in [-0.4, -0.2) is 39.0 Å². The second-order valence-electron chi connectivity index (χ2n) is 5.00. The van der Waals surface area contributed by atoms with Crippen molar-refractivity contribution < 1.29 is 13.2 Å². The zero-order valence-corrected chi connectivity index (χ0v) is 12.3. The van der Waals surface area contributed by atoms with E-state index < -0.39 is 10.0 Å². The molecule has 1 aromatic rings. The first kappa shape index (κ1) is 14.3. The van der Waals surface area contributed by atoms with Gasteiger partial charge in [0.1, 0.15) is 5.75 Å². The minimum atomic E-state index is -3.46. The summed E-state index contributed by atoms with van der Waals surface area (Å²) >= 11 is 0. The summed E-state index contributed by atoms with van der Waals surface area (Å²) in [6.07, 6.45) is 0.716. The maximum Gasteiger partial charge on any atom is 0.243 e. The number of sulfonamides is 1. The van der Waals surface area contributed by atoms with E-state index in [0.29, 0.717) is 41.3 Å². The smallest absolute Gasteiger partial charge is 0.243 e. The average molecular weight is 284 g/mol. The van der Waals surface area contributed by atoms with Crippen LogP contribution in [0.3, 0.4) is 0 Å². The van der Waals surface area contributed by atoms with Gasteiger partial charge in [-0.05, 0) is 43.5 Å². The summed E-state index contributed by atoms with van der Waals surface area (Å²) in [5.41, 5.74) is 7.21. The lowest BCUT2D eigenvalue weighted by Gasteiger charge is -2.19. The highest BCUT2D eigenvalue weighted by Crippen LogP contribution is 2.29. The molecule has 6 heteroatoms. The summed E-state index contributed by atoms with van der Waals surface area (Å²) in [5.74, 6) is 0.673. The monoisotopic (exact) mass is 284 g/mol. The van der Waals surface area contributed by atoms with E-state index in [1.54, 1.807) is 33.1 Å². The molecule has 1 aromatic carbocycles. The zero-order chi connectivity index (χ0) is 14.2. The van der Waals surface area contributed by atoms with Crippen molar-refractivity contribution in [2.75, 3.05) is 20.2 Å². The first-order chi connectivity index (χ1) is 8.86. The first-order valence-electron chi connectivity index (χ1n) is 6.27. The number of ether oxygens (including phenoxy) is 1. The van der Waals surface area contributed by atoms with Crippen molar-refractivity contribution in [3.05, 3.63) is 23.3 Å². The molecule has 0 amide bonds. The van der Waals surface area contributed by atoms with Crippen LogP contribution in [0.4, 0.5) is 0 Å². The SMILES string of the molecule is COc1cc(C)c(S(=O)(=O)N2CC[C@H](N)C2)c(C)c1. The minimum Gasteiger partial charge on any atom is -0.497 e. The Balaban J connectivity index is 2.46. The van der Waals surface area contributed by atoms with Crippen LogP contribution >= 0.6 is 0 Å². The summed E-state index contributed by atoms with van der Waals surface area (Å²) in [5, 5.41) is 0. The fourth-order valence-corrected chi connectivity index (χ4v) is 4.46. The Morgan fingerprint density at radius 1 is 1.32 bits per heavy atom. The molecule has 106 valence electrons. The van der Waals surface area contributed by atoms with Crippen molar-refractivity contribution in [1.82, 2.24) is 4.31 Å². The molecule has 0 aliphatic carbocycles. The Morgan fingerprint density at radius 3 is 2.32 bits per heavy atom. The van der Waals surface area contributed by atoms with E-state index in [2.05, 4.69) is 0 Å². The van der Waals surface area contributed by atoms with Gasteiger partial charge in [-0.2, -0.15) is 4.31 Å². The van der Waals surface area contributed by atoms with Gasteiger partial charge >= 0.3 is 0 Å². The number of hydrogen-bond donors (Lipinski definition) is 1. The van der Waals surface area contributed by atoms with Gasteiger partial charge in [0.2, 0.25) is 10.0 Å². The van der Waals surface area contributed by atoms with Gasteiger partial charge in [-0.1, -0.05) is 0 Å². The average Bonchev–Trinajstić information content (AvgIpc) is 2.75. The van der Waals surface area contributed by atoms with Gasteiger partial charge in [-0.15, -0.1) is 0 Å². The van der Waals surface area contributed by atoms with Crippen LogP contribution in [0, 0.1) is 13.8 Å². The second kappa shape index (κ2) is 5.11. The molecule has 1 fully saturated rings. The molecule has 2 rings (SSSR count). The van der Waals surface area contributed by atoms with Gasteiger partial charge in [0.05, 0.1) is 12.0 Å². The van der Waals surface area contributed by atoms with E-state index >= 15 is 0 Å². The van der Waals surface area contributed by atoms with Gasteiger partial charge in [-0.25, -0.2) is 8.42 Å². The predicted octanol–water partition coefficient (Wildman–Crippen LogP) is 1.03. The summed E-state index contributed by atoms with van der Waals surface area (Å²) in [6.45, 7) is 4.47. The summed E-state index contributed by atoms with van der Waals surface area (Å²) in [6, 6.07) is 3.43. The molecular weight excluding hydrogens is 264 g/mol. The molecule has 0 bridgehead atoms. The lowest BCUT2D eigenvalue weighted by Crippen LogP contribution is -2.32. The molecule has 19 heavy (non-hydrogen) atoms. The van der Waals surface area contributed by atoms with Gasteiger partial charge in [0, 0.05) is 19.1 Å². The van der Waals surface area contributed by atoms with Gasteiger partial charge in [0.15, 0.2) is 0 Å². The third kappa shape index (κ3) is 2.61. The highest BCUT2D eigenvalue weighted by atomic mass is 32.2. The molecule has 5 nitrogen and oxygen atoms in total. The van der Waals surface area contributed by atoms with Crippen LogP contribution in [0.15, 0.2) is 17.0 Å². The van der Waals surface area contributed by atoms with Crippen LogP contribution in [0.25, 0.3) is 0 Å². The van der Waals surface area contributed by atoms with E-state index in [-0.39, 0.29) is 6.04 Å². The number of hydrogen-bond acceptors (Lipinski definition) is 4. The standard InChI is InChI=1S/C13H20N2O3S/c1-9-6-12(18-3)7-10(2)13(9)19(16,17)15-5-4-11(14)8-15/h6-7,11H,4-5,8,14H2,1-3H3/t11-/m0/s1. The Hall–Kier alpha value is -1.11. The summed E-state index contributed by atoms with van der Waals surface area (Å²) in [7, 11) is -1.89. The molecule has 0 spiro atoms. The molecule has 0 aromatic heterocycles. The normalized spacial score (nSPS) is 20.7. The zero-order valence-electron chi connectivity index (χ0n) is 11.5. The maximum atomic E-state index is 12.7. The van der Waals surface area contributed by atoms with Crippen LogP contribution in [0.2, 0.25) is 0 Å². The van der Waals surface area contributed by atoms with Crippen LogP contribution in [-0.2, 0) is 10.0 Å². The quantitative estimate of drug-likeness (QED) is 0.900. The molecule has 0 saturated carbocycles. The van der Waals surface area contributed by atoms with Crippen molar-refractivity contribution in [3.63, 3.8) is 0 Å². The molecule has 1 aliphatic heterocycles. The van der Waals surface area contributed by atoms with Crippen molar-refractivity contribution in [3.8, 4) is 5.75 Å². The predicted molar refractivity (Wildman–Crippen MR) is 73.8 cm³/mol. The maximum absolute atomic E-state index is 12.7. The largest absolute Gasteiger partial charge is 0.497 e. The Bertz CT molecular complexity index is 561. The molecule has 2 N–H and O–H groups in total. The first-order valence-corrected chi connectivity index (χ1v) is 7.71. The summed E-state index contributed by atoms with van der Waals surface area (Å²) < 4.78 is 31.9. The van der Waals surface area contributed by atoms with Crippen LogP contribution in [0.1, 0.15) is 17.5 Å². The second-order valence-corrected chi connectivity index (χ2v) is 6.88. The lowest BCUT2D eigenvalue weighted by atomic mass is 10.1. The van der Waals surface area contributed by atoms with E-state index in [4.69, 9.17) is 10.5 Å². The van der Waals surface area contributed by atoms with Crippen molar-refractivity contribution in [2.45, 2.75) is 31.2 Å². The molecule has 0 radical (unpaired) electrons. The molecular formula is C13H20N2O3S. The number of aryl methyl sites for hydroxylation is 2. The number of rotatable bonds is 3. The topological polar surface area (TPSA) is 72.6 Å². The highest BCUT2D eigenvalue weighted by molar-refractivity contribution is 7.89. The molecule has 0 unspecified atom stereocenters. The number of nitrogens with two attached hydrogens (primary N) is 1. The third-order valence-corrected chi connectivity index (χ3v) is 5.63. The molecule has 1 heterocycles. The highest BCUT2D eigenvalue weighted by Gasteiger charge is 2.33. The van der Waals surface area contributed by atoms with Gasteiger partial charge in [-0.3, -0.25) is 0 Å². The Labute approximate surface area is 114 Å². The molecule has 1 aliphatic rings. The van der Waals surface area contributed by atoms with E-state index in [0.717, 1.165) is 0 Å². The third-order valence-electron chi connectivity index (χ3n) is 3.45. The Kier molecular flexibility index (Phi) is 3.85. The Morgan fingerprint density at radius 2 is 1.89 bits per heavy atom. The minimum absolute atomic E-state index is 0.0614. The lowest BCUT2D eigenvalue weighted by molar-refractivity contribution is 0.413. The van der Waals surface area contributed by atoms with E-state index in [1.165, 1.54) is 4.31 Å². The fraction of sp³-hybridized carbons (Fsp3) is 0.538. The van der Waals surface area contributed by atoms with Gasteiger partial charge < -0.3 is 10.5 Å². The van der Waals surface area contributed by atoms with Crippen LogP contribution < -0.4 is 10.5 Å². The fourth-order valence-electron chi connectivity index (χ4n) is 2.54. The number of nitrogens with zero attached hydrogens (tertiary/aromatic N) is 1. The van der Waals surface area contributed by atoms with Crippen molar-refractivity contribution in [2.24, 2.45) is 5.73 Å². The number of methoxy groups -OCH3 is 1. The summed E-state index contributed by atoms with van der Waals surface area (Å²) in [4.78, 5) is 0.377. The van der Waals surface area contributed by atoms with Crippen LogP contribution in [0.5, 0.6) is 5.75 Å². The van der Waals surface area contributed by atoms with E-state index in [9.17, 15) is 8.42 Å².